The molecule has 19 heavy (non-hydrogen) atoms. The maximum atomic E-state index is 11.3. The van der Waals surface area contributed by atoms with Gasteiger partial charge in [0.05, 0.1) is 5.25 Å². The van der Waals surface area contributed by atoms with Crippen molar-refractivity contribution in [1.82, 2.24) is 14.8 Å². The van der Waals surface area contributed by atoms with Crippen LogP contribution < -0.4 is 16.2 Å². The lowest BCUT2D eigenvalue weighted by atomic mass is 10.0. The van der Waals surface area contributed by atoms with Crippen molar-refractivity contribution in [2.75, 3.05) is 6.61 Å². The first-order valence-electron chi connectivity index (χ1n) is 5.92. The third kappa shape index (κ3) is 2.15. The van der Waals surface area contributed by atoms with Gasteiger partial charge in [-0.05, 0) is 6.07 Å². The van der Waals surface area contributed by atoms with Crippen molar-refractivity contribution in [3.63, 3.8) is 0 Å². The van der Waals surface area contributed by atoms with Crippen LogP contribution in [0.5, 0.6) is 5.75 Å². The molecule has 6 nitrogen and oxygen atoms in total. The molecule has 1 aromatic heterocycles. The van der Waals surface area contributed by atoms with Gasteiger partial charge in [-0.2, -0.15) is 0 Å². The van der Waals surface area contributed by atoms with Gasteiger partial charge < -0.3 is 10.5 Å². The maximum absolute atomic E-state index is 11.3. The maximum Gasteiger partial charge on any atom is 0.343 e. The first-order valence-corrected chi connectivity index (χ1v) is 6.80. The van der Waals surface area contributed by atoms with Crippen LogP contribution >= 0.6 is 11.8 Å². The molecule has 100 valence electrons. The van der Waals surface area contributed by atoms with Crippen molar-refractivity contribution in [3.8, 4) is 5.75 Å². The molecule has 1 aromatic carbocycles. The van der Waals surface area contributed by atoms with Gasteiger partial charge in [0.2, 0.25) is 0 Å². The van der Waals surface area contributed by atoms with Crippen LogP contribution in [-0.2, 0) is 7.05 Å². The zero-order chi connectivity index (χ0) is 13.4. The van der Waals surface area contributed by atoms with Crippen LogP contribution in [0.2, 0.25) is 0 Å². The SMILES string of the molecule is Cn1c(SC2COc3ccccc3C2N)n[nH]c1=O. The summed E-state index contributed by atoms with van der Waals surface area (Å²) in [5.41, 5.74) is 7.03. The van der Waals surface area contributed by atoms with Crippen LogP contribution in [0.15, 0.2) is 34.2 Å². The van der Waals surface area contributed by atoms with Crippen molar-refractivity contribution < 1.29 is 4.74 Å². The van der Waals surface area contributed by atoms with Gasteiger partial charge in [0.1, 0.15) is 12.4 Å². The van der Waals surface area contributed by atoms with E-state index in [4.69, 9.17) is 10.5 Å². The molecule has 1 aliphatic heterocycles. The van der Waals surface area contributed by atoms with Gasteiger partial charge in [0, 0.05) is 18.7 Å². The average Bonchev–Trinajstić information content (AvgIpc) is 2.74. The smallest absolute Gasteiger partial charge is 0.343 e. The summed E-state index contributed by atoms with van der Waals surface area (Å²) >= 11 is 1.45. The molecule has 2 unspecified atom stereocenters. The Labute approximate surface area is 114 Å². The molecule has 0 aliphatic carbocycles. The number of hydrogen-bond acceptors (Lipinski definition) is 5. The number of nitrogens with one attached hydrogen (secondary N) is 1. The molecule has 3 N–H and O–H groups in total. The van der Waals surface area contributed by atoms with Crippen LogP contribution in [0.25, 0.3) is 0 Å². The molecule has 0 fully saturated rings. The Bertz CT molecular complexity index is 651. The van der Waals surface area contributed by atoms with Crippen molar-refractivity contribution in [3.05, 3.63) is 40.3 Å². The summed E-state index contributed by atoms with van der Waals surface area (Å²) in [5.74, 6) is 0.836. The highest BCUT2D eigenvalue weighted by Crippen LogP contribution is 2.37. The molecule has 3 rings (SSSR count). The molecule has 2 aromatic rings. The predicted molar refractivity (Wildman–Crippen MR) is 72.3 cm³/mol. The van der Waals surface area contributed by atoms with Gasteiger partial charge >= 0.3 is 5.69 Å². The van der Waals surface area contributed by atoms with Gasteiger partial charge in [-0.25, -0.2) is 9.89 Å². The second-order valence-corrected chi connectivity index (χ2v) is 5.61. The van der Waals surface area contributed by atoms with Gasteiger partial charge in [-0.15, -0.1) is 5.10 Å². The summed E-state index contributed by atoms with van der Waals surface area (Å²) in [5, 5.41) is 7.04. The van der Waals surface area contributed by atoms with Gasteiger partial charge in [-0.3, -0.25) is 4.57 Å². The molecule has 0 radical (unpaired) electrons. The minimum Gasteiger partial charge on any atom is -0.492 e. The minimum atomic E-state index is -0.229. The number of benzene rings is 1. The summed E-state index contributed by atoms with van der Waals surface area (Å²) in [4.78, 5) is 11.3. The molecule has 0 spiro atoms. The number of ether oxygens (including phenoxy) is 1. The predicted octanol–water partition coefficient (Wildman–Crippen LogP) is 0.661. The number of thioether (sulfide) groups is 1. The number of aromatic nitrogens is 3. The fourth-order valence-corrected chi connectivity index (χ4v) is 3.08. The number of nitrogens with two attached hydrogens (primary N) is 1. The highest BCUT2D eigenvalue weighted by atomic mass is 32.2. The highest BCUT2D eigenvalue weighted by Gasteiger charge is 2.30. The first kappa shape index (κ1) is 12.3. The average molecular weight is 278 g/mol. The third-order valence-electron chi connectivity index (χ3n) is 3.18. The Morgan fingerprint density at radius 2 is 2.32 bits per heavy atom. The standard InChI is InChI=1S/C12H14N4O2S/c1-16-11(17)14-15-12(16)19-9-6-18-8-5-3-2-4-7(8)10(9)13/h2-5,9-10H,6,13H2,1H3,(H,14,17). The highest BCUT2D eigenvalue weighted by molar-refractivity contribution is 7.99. The van der Waals surface area contributed by atoms with Crippen molar-refractivity contribution in [1.29, 1.82) is 0 Å². The monoisotopic (exact) mass is 278 g/mol. The topological polar surface area (TPSA) is 85.9 Å². The van der Waals surface area contributed by atoms with Gasteiger partial charge in [0.15, 0.2) is 5.16 Å². The molecule has 1 aliphatic rings. The summed E-state index contributed by atoms with van der Waals surface area (Å²) in [7, 11) is 1.68. The molecule has 0 saturated carbocycles. The zero-order valence-corrected chi connectivity index (χ0v) is 11.2. The Kier molecular flexibility index (Phi) is 3.08. The summed E-state index contributed by atoms with van der Waals surface area (Å²) < 4.78 is 7.17. The molecule has 2 atom stereocenters. The van der Waals surface area contributed by atoms with E-state index in [2.05, 4.69) is 10.2 Å². The van der Waals surface area contributed by atoms with E-state index < -0.39 is 0 Å². The lowest BCUT2D eigenvalue weighted by molar-refractivity contribution is 0.275. The molecular formula is C12H14N4O2S. The third-order valence-corrected chi connectivity index (χ3v) is 4.49. The Morgan fingerprint density at radius 3 is 3.05 bits per heavy atom. The van der Waals surface area contributed by atoms with Gasteiger partial charge in [-0.1, -0.05) is 30.0 Å². The van der Waals surface area contributed by atoms with Crippen LogP contribution in [0.3, 0.4) is 0 Å². The number of fused-ring (bicyclic) bond motifs is 1. The molecule has 0 amide bonds. The number of H-pyrrole nitrogens is 1. The van der Waals surface area contributed by atoms with E-state index in [0.717, 1.165) is 11.3 Å². The Balaban J connectivity index is 1.85. The second kappa shape index (κ2) is 4.75. The fourth-order valence-electron chi connectivity index (χ4n) is 2.04. The van der Waals surface area contributed by atoms with E-state index in [0.29, 0.717) is 11.8 Å². The number of hydrogen-bond donors (Lipinski definition) is 2. The fraction of sp³-hybridized carbons (Fsp3) is 0.333. The van der Waals surface area contributed by atoms with E-state index >= 15 is 0 Å². The van der Waals surface area contributed by atoms with Crippen LogP contribution in [-0.4, -0.2) is 26.6 Å². The summed E-state index contributed by atoms with van der Waals surface area (Å²) in [6.45, 7) is 0.504. The molecular weight excluding hydrogens is 264 g/mol. The van der Waals surface area contributed by atoms with Gasteiger partial charge in [0.25, 0.3) is 0 Å². The van der Waals surface area contributed by atoms with Crippen LogP contribution in [0.4, 0.5) is 0 Å². The van der Waals surface area contributed by atoms with Crippen molar-refractivity contribution in [2.45, 2.75) is 16.4 Å². The normalized spacial score (nSPS) is 21.8. The number of nitrogens with zero attached hydrogens (tertiary/aromatic N) is 2. The summed E-state index contributed by atoms with van der Waals surface area (Å²) in [6.07, 6.45) is 0. The largest absolute Gasteiger partial charge is 0.492 e. The lowest BCUT2D eigenvalue weighted by Gasteiger charge is -2.30. The zero-order valence-electron chi connectivity index (χ0n) is 10.4. The lowest BCUT2D eigenvalue weighted by Crippen LogP contribution is -2.34. The van der Waals surface area contributed by atoms with E-state index in [1.165, 1.54) is 16.3 Å². The quantitative estimate of drug-likeness (QED) is 0.843. The molecule has 0 saturated heterocycles. The number of para-hydroxylation sites is 1. The Hall–Kier alpha value is -1.73. The molecule has 2 heterocycles. The second-order valence-electron chi connectivity index (χ2n) is 4.40. The van der Waals surface area contributed by atoms with E-state index in [1.807, 2.05) is 24.3 Å². The van der Waals surface area contributed by atoms with E-state index in [-0.39, 0.29) is 17.0 Å². The number of aromatic amines is 1. The van der Waals surface area contributed by atoms with Crippen LogP contribution in [0, 0.1) is 0 Å². The van der Waals surface area contributed by atoms with Crippen LogP contribution in [0.1, 0.15) is 11.6 Å². The van der Waals surface area contributed by atoms with Crippen molar-refractivity contribution >= 4 is 11.8 Å². The van der Waals surface area contributed by atoms with E-state index in [9.17, 15) is 4.79 Å². The summed E-state index contributed by atoms with van der Waals surface area (Å²) in [6, 6.07) is 7.62. The minimum absolute atomic E-state index is 0.0313. The van der Waals surface area contributed by atoms with E-state index in [1.54, 1.807) is 7.05 Å². The van der Waals surface area contributed by atoms with Crippen molar-refractivity contribution in [2.24, 2.45) is 12.8 Å². The molecule has 0 bridgehead atoms. The first-order chi connectivity index (χ1) is 9.16. The Morgan fingerprint density at radius 1 is 1.53 bits per heavy atom. The number of rotatable bonds is 2. The molecule has 7 heteroatoms.